The number of fused-ring (bicyclic) bond motifs is 3. The molecule has 3 aromatic heterocycles. The van der Waals surface area contributed by atoms with Crippen LogP contribution in [0.15, 0.2) is 61.4 Å². The fourth-order valence-corrected chi connectivity index (χ4v) is 8.77. The Morgan fingerprint density at radius 2 is 1.87 bits per heavy atom. The van der Waals surface area contributed by atoms with E-state index in [4.69, 9.17) is 9.72 Å². The van der Waals surface area contributed by atoms with E-state index in [2.05, 4.69) is 62.3 Å². The Hall–Kier alpha value is -5.11. The van der Waals surface area contributed by atoms with Crippen LogP contribution >= 0.6 is 0 Å². The van der Waals surface area contributed by atoms with Gasteiger partial charge in [-0.3, -0.25) is 19.4 Å². The molecular formula is C41H49N9O4. The lowest BCUT2D eigenvalue weighted by atomic mass is 9.90. The van der Waals surface area contributed by atoms with E-state index in [-0.39, 0.29) is 29.9 Å². The maximum Gasteiger partial charge on any atom is 0.276 e. The lowest BCUT2D eigenvalue weighted by Gasteiger charge is -2.45. The maximum absolute atomic E-state index is 13.9. The highest BCUT2D eigenvalue weighted by Gasteiger charge is 2.38. The summed E-state index contributed by atoms with van der Waals surface area (Å²) >= 11 is 0. The van der Waals surface area contributed by atoms with Gasteiger partial charge in [0, 0.05) is 92.9 Å². The molecule has 0 spiro atoms. The first kappa shape index (κ1) is 35.9. The Morgan fingerprint density at radius 3 is 2.65 bits per heavy atom. The molecule has 1 aromatic carbocycles. The van der Waals surface area contributed by atoms with E-state index in [1.54, 1.807) is 29.4 Å². The number of anilines is 5. The van der Waals surface area contributed by atoms with E-state index in [1.165, 1.54) is 17.3 Å². The first-order chi connectivity index (χ1) is 26.1. The number of carbonyl (C=O) groups is 2. The number of pyridine rings is 1. The Kier molecular flexibility index (Phi) is 9.71. The predicted octanol–water partition coefficient (Wildman–Crippen LogP) is 5.18. The summed E-state index contributed by atoms with van der Waals surface area (Å²) in [6.07, 6.45) is 8.60. The van der Waals surface area contributed by atoms with Crippen LogP contribution in [0.3, 0.4) is 0 Å². The second-order valence-corrected chi connectivity index (χ2v) is 15.6. The van der Waals surface area contributed by atoms with Gasteiger partial charge >= 0.3 is 0 Å². The SMILES string of the molecule is C=CC(=O)Nc1cc(Nc2ccnc(-c3ccnc(N4CCn5c(cc6c5CC(C)(C)C6)C4=O)c3CO)n2)ccc1N1CCN(C2CCOCC2)CC1C. The molecule has 8 rings (SSSR count). The largest absolute Gasteiger partial charge is 0.392 e. The number of amides is 2. The summed E-state index contributed by atoms with van der Waals surface area (Å²) in [5.41, 5.74) is 6.80. The molecule has 2 saturated heterocycles. The zero-order valence-electron chi connectivity index (χ0n) is 31.3. The molecule has 282 valence electrons. The van der Waals surface area contributed by atoms with Crippen molar-refractivity contribution in [3.8, 4) is 11.4 Å². The Labute approximate surface area is 316 Å². The van der Waals surface area contributed by atoms with Gasteiger partial charge < -0.3 is 29.9 Å². The molecule has 2 fully saturated rings. The highest BCUT2D eigenvalue weighted by Crippen LogP contribution is 2.40. The monoisotopic (exact) mass is 731 g/mol. The van der Waals surface area contributed by atoms with E-state index in [1.807, 2.05) is 24.3 Å². The van der Waals surface area contributed by atoms with Gasteiger partial charge in [0.2, 0.25) is 5.91 Å². The van der Waals surface area contributed by atoms with Gasteiger partial charge in [0.05, 0.1) is 18.0 Å². The molecule has 1 unspecified atom stereocenters. The highest BCUT2D eigenvalue weighted by molar-refractivity contribution is 6.06. The van der Waals surface area contributed by atoms with Gasteiger partial charge in [-0.15, -0.1) is 0 Å². The summed E-state index contributed by atoms with van der Waals surface area (Å²) in [7, 11) is 0. The lowest BCUT2D eigenvalue weighted by Crippen LogP contribution is -2.56. The fourth-order valence-electron chi connectivity index (χ4n) is 8.77. The van der Waals surface area contributed by atoms with Crippen molar-refractivity contribution >= 4 is 40.5 Å². The van der Waals surface area contributed by atoms with Crippen molar-refractivity contribution in [2.24, 2.45) is 5.41 Å². The number of benzene rings is 1. The van der Waals surface area contributed by atoms with Crippen LogP contribution in [-0.4, -0.2) is 92.8 Å². The van der Waals surface area contributed by atoms with E-state index in [9.17, 15) is 14.7 Å². The zero-order chi connectivity index (χ0) is 37.6. The van der Waals surface area contributed by atoms with Gasteiger partial charge in [0.15, 0.2) is 5.82 Å². The van der Waals surface area contributed by atoms with Crippen molar-refractivity contribution in [2.75, 3.05) is 59.8 Å². The number of nitrogens with one attached hydrogen (secondary N) is 2. The second kappa shape index (κ2) is 14.6. The number of piperazine rings is 1. The fraction of sp³-hybridized carbons (Fsp3) is 0.439. The zero-order valence-corrected chi connectivity index (χ0v) is 31.3. The first-order valence-corrected chi connectivity index (χ1v) is 19.0. The normalized spacial score (nSPS) is 20.1. The minimum Gasteiger partial charge on any atom is -0.392 e. The van der Waals surface area contributed by atoms with Crippen molar-refractivity contribution in [2.45, 2.75) is 71.7 Å². The quantitative estimate of drug-likeness (QED) is 0.198. The number of aliphatic hydroxyl groups is 1. The number of rotatable bonds is 9. The van der Waals surface area contributed by atoms with Crippen molar-refractivity contribution in [3.63, 3.8) is 0 Å². The number of aromatic nitrogens is 4. The number of nitrogens with zero attached hydrogens (tertiary/aromatic N) is 7. The number of hydrogen-bond acceptors (Lipinski definition) is 10. The third kappa shape index (κ3) is 6.87. The van der Waals surface area contributed by atoms with Crippen LogP contribution in [0, 0.1) is 5.41 Å². The topological polar surface area (TPSA) is 141 Å². The molecule has 0 saturated carbocycles. The molecule has 13 heteroatoms. The smallest absolute Gasteiger partial charge is 0.276 e. The molecule has 2 amide bonds. The van der Waals surface area contributed by atoms with Gasteiger partial charge in [0.1, 0.15) is 17.3 Å². The number of carbonyl (C=O) groups excluding carboxylic acids is 2. The van der Waals surface area contributed by atoms with Crippen LogP contribution < -0.4 is 20.4 Å². The Morgan fingerprint density at radius 1 is 1.06 bits per heavy atom. The van der Waals surface area contributed by atoms with Crippen LogP contribution in [0.1, 0.15) is 60.9 Å². The Balaban J connectivity index is 1.03. The number of hydrogen-bond donors (Lipinski definition) is 3. The van der Waals surface area contributed by atoms with E-state index >= 15 is 0 Å². The minimum absolute atomic E-state index is 0.123. The van der Waals surface area contributed by atoms with Crippen molar-refractivity contribution < 1.29 is 19.4 Å². The molecule has 0 bridgehead atoms. The predicted molar refractivity (Wildman–Crippen MR) is 209 cm³/mol. The summed E-state index contributed by atoms with van der Waals surface area (Å²) < 4.78 is 7.76. The molecule has 3 N–H and O–H groups in total. The lowest BCUT2D eigenvalue weighted by molar-refractivity contribution is -0.111. The molecule has 6 heterocycles. The average molecular weight is 732 g/mol. The van der Waals surface area contributed by atoms with E-state index in [0.29, 0.717) is 59.1 Å². The van der Waals surface area contributed by atoms with Crippen LogP contribution in [0.25, 0.3) is 11.4 Å². The van der Waals surface area contributed by atoms with Crippen molar-refractivity contribution in [1.82, 2.24) is 24.4 Å². The summed E-state index contributed by atoms with van der Waals surface area (Å²) in [6, 6.07) is 12.3. The van der Waals surface area contributed by atoms with Crippen LogP contribution in [-0.2, 0) is 35.5 Å². The van der Waals surface area contributed by atoms with Gasteiger partial charge in [-0.25, -0.2) is 15.0 Å². The maximum atomic E-state index is 13.9. The van der Waals surface area contributed by atoms with Gasteiger partial charge in [0.25, 0.3) is 5.91 Å². The molecule has 54 heavy (non-hydrogen) atoms. The van der Waals surface area contributed by atoms with Gasteiger partial charge in [-0.1, -0.05) is 20.4 Å². The van der Waals surface area contributed by atoms with E-state index < -0.39 is 0 Å². The molecule has 1 atom stereocenters. The molecule has 0 radical (unpaired) electrons. The van der Waals surface area contributed by atoms with Crippen LogP contribution in [0.4, 0.5) is 28.7 Å². The third-order valence-corrected chi connectivity index (χ3v) is 11.4. The van der Waals surface area contributed by atoms with Crippen molar-refractivity contribution in [1.29, 1.82) is 0 Å². The summed E-state index contributed by atoms with van der Waals surface area (Å²) in [5.74, 6) is 0.914. The molecule has 3 aliphatic heterocycles. The Bertz CT molecular complexity index is 2090. The van der Waals surface area contributed by atoms with Gasteiger partial charge in [-0.2, -0.15) is 0 Å². The van der Waals surface area contributed by atoms with Gasteiger partial charge in [-0.05, 0) is 86.1 Å². The molecule has 13 nitrogen and oxygen atoms in total. The van der Waals surface area contributed by atoms with Crippen molar-refractivity contribution in [3.05, 3.63) is 84.0 Å². The second-order valence-electron chi connectivity index (χ2n) is 15.6. The highest BCUT2D eigenvalue weighted by atomic mass is 16.5. The van der Waals surface area contributed by atoms with Crippen LogP contribution in [0.2, 0.25) is 0 Å². The molecular weight excluding hydrogens is 683 g/mol. The summed E-state index contributed by atoms with van der Waals surface area (Å²) in [6.45, 7) is 15.6. The summed E-state index contributed by atoms with van der Waals surface area (Å²) in [4.78, 5) is 47.1. The molecule has 4 aliphatic rings. The van der Waals surface area contributed by atoms with E-state index in [0.717, 1.165) is 69.9 Å². The molecule has 4 aromatic rings. The summed E-state index contributed by atoms with van der Waals surface area (Å²) in [5, 5.41) is 17.1. The number of ether oxygens (including phenoxy) is 1. The average Bonchev–Trinajstić information content (AvgIpc) is 3.67. The minimum atomic E-state index is -0.343. The standard InChI is InChI=1S/C41H49N9O4/c1-5-37(52)45-32-21-28(6-7-33(32)48-15-14-47(24-26(48)2)29-10-18-54-19-11-29)44-36-9-13-42-38(46-36)30-8-12-43-39(31(30)25-51)50-17-16-49-34(40(50)53)20-27-22-41(3,4)23-35(27)49/h5-9,12-13,20-21,26,29,51H,1,10-11,14-19,22-25H2,2-4H3,(H,45,52)(H,42,44,46). The molecule has 1 aliphatic carbocycles. The number of aliphatic hydroxyl groups excluding tert-OH is 1. The first-order valence-electron chi connectivity index (χ1n) is 19.0. The van der Waals surface area contributed by atoms with Crippen LogP contribution in [0.5, 0.6) is 0 Å². The third-order valence-electron chi connectivity index (χ3n) is 11.4.